The summed E-state index contributed by atoms with van der Waals surface area (Å²) in [7, 11) is -3.05. The van der Waals surface area contributed by atoms with Crippen molar-refractivity contribution >= 4 is 10.0 Å². The van der Waals surface area contributed by atoms with E-state index in [2.05, 4.69) is 10.3 Å². The van der Waals surface area contributed by atoms with Crippen LogP contribution in [0.2, 0.25) is 0 Å². The Morgan fingerprint density at radius 1 is 1.45 bits per heavy atom. The number of sulfonamides is 1. The zero-order valence-corrected chi connectivity index (χ0v) is 12.7. The first kappa shape index (κ1) is 15.5. The van der Waals surface area contributed by atoms with Gasteiger partial charge in [0, 0.05) is 25.7 Å². The van der Waals surface area contributed by atoms with E-state index in [1.165, 1.54) is 6.39 Å². The number of oxazole rings is 1. The average Bonchev–Trinajstić information content (AvgIpc) is 2.97. The zero-order chi connectivity index (χ0) is 14.4. The zero-order valence-electron chi connectivity index (χ0n) is 11.9. The maximum Gasteiger partial charge on any atom is 0.214 e. The Labute approximate surface area is 120 Å². The summed E-state index contributed by atoms with van der Waals surface area (Å²) in [4.78, 5) is 4.05. The van der Waals surface area contributed by atoms with Crippen molar-refractivity contribution in [2.45, 2.75) is 45.2 Å². The van der Waals surface area contributed by atoms with Crippen LogP contribution in [0.5, 0.6) is 0 Å². The molecule has 0 aliphatic carbocycles. The van der Waals surface area contributed by atoms with Gasteiger partial charge in [0.15, 0.2) is 6.39 Å². The molecule has 1 aromatic heterocycles. The van der Waals surface area contributed by atoms with Crippen LogP contribution in [0.3, 0.4) is 0 Å². The van der Waals surface area contributed by atoms with Crippen LogP contribution >= 0.6 is 0 Å². The topological polar surface area (TPSA) is 75.4 Å². The molecule has 2 rings (SSSR count). The highest BCUT2D eigenvalue weighted by atomic mass is 32.2. The monoisotopic (exact) mass is 301 g/mol. The molecule has 0 atom stereocenters. The molecule has 6 nitrogen and oxygen atoms in total. The molecule has 0 radical (unpaired) electrons. The van der Waals surface area contributed by atoms with Crippen molar-refractivity contribution in [2.24, 2.45) is 0 Å². The van der Waals surface area contributed by atoms with E-state index in [1.54, 1.807) is 10.6 Å². The van der Waals surface area contributed by atoms with Crippen LogP contribution in [0.15, 0.2) is 17.1 Å². The minimum absolute atomic E-state index is 0.278. The molecule has 1 aromatic rings. The van der Waals surface area contributed by atoms with Crippen LogP contribution in [0.1, 0.15) is 38.3 Å². The number of aromatic nitrogens is 1. The van der Waals surface area contributed by atoms with Crippen LogP contribution in [-0.4, -0.2) is 42.6 Å². The maximum absolute atomic E-state index is 12.1. The molecule has 20 heavy (non-hydrogen) atoms. The lowest BCUT2D eigenvalue weighted by Crippen LogP contribution is -2.45. The summed E-state index contributed by atoms with van der Waals surface area (Å²) in [5.74, 6) is 0.278. The van der Waals surface area contributed by atoms with Crippen LogP contribution in [0.4, 0.5) is 0 Å². The molecule has 1 fully saturated rings. The third-order valence-electron chi connectivity index (χ3n) is 3.66. The van der Waals surface area contributed by atoms with Gasteiger partial charge in [0.1, 0.15) is 6.26 Å². The van der Waals surface area contributed by atoms with E-state index in [0.29, 0.717) is 25.7 Å². The van der Waals surface area contributed by atoms with Gasteiger partial charge in [0.2, 0.25) is 10.0 Å². The molecule has 1 aliphatic rings. The summed E-state index contributed by atoms with van der Waals surface area (Å²) < 4.78 is 30.7. The standard InChI is InChI=1S/C13H23N3O3S/c1-2-3-8-20(17,18)16-6-4-12(5-7-16)14-9-13-10-19-11-15-13/h10-12,14H,2-9H2,1H3. The lowest BCUT2D eigenvalue weighted by Gasteiger charge is -2.31. The highest BCUT2D eigenvalue weighted by Crippen LogP contribution is 2.15. The first-order valence-corrected chi connectivity index (χ1v) is 8.81. The highest BCUT2D eigenvalue weighted by Gasteiger charge is 2.27. The fourth-order valence-corrected chi connectivity index (χ4v) is 4.05. The van der Waals surface area contributed by atoms with Gasteiger partial charge in [-0.1, -0.05) is 13.3 Å². The Bertz CT molecular complexity index is 479. The Hall–Kier alpha value is -0.920. The van der Waals surface area contributed by atoms with Gasteiger partial charge >= 0.3 is 0 Å². The van der Waals surface area contributed by atoms with E-state index >= 15 is 0 Å². The molecule has 114 valence electrons. The summed E-state index contributed by atoms with van der Waals surface area (Å²) in [5, 5.41) is 3.40. The molecular formula is C13H23N3O3S. The molecule has 0 saturated carbocycles. The number of hydrogen-bond acceptors (Lipinski definition) is 5. The third-order valence-corrected chi connectivity index (χ3v) is 5.61. The molecule has 0 aromatic carbocycles. The van der Waals surface area contributed by atoms with E-state index in [1.807, 2.05) is 6.92 Å². The molecule has 1 N–H and O–H groups in total. The molecule has 7 heteroatoms. The van der Waals surface area contributed by atoms with E-state index < -0.39 is 10.0 Å². The second kappa shape index (κ2) is 7.19. The van der Waals surface area contributed by atoms with Gasteiger partial charge in [-0.25, -0.2) is 17.7 Å². The normalized spacial score (nSPS) is 18.4. The molecular weight excluding hydrogens is 278 g/mol. The predicted molar refractivity (Wildman–Crippen MR) is 76.6 cm³/mol. The smallest absolute Gasteiger partial charge is 0.214 e. The van der Waals surface area contributed by atoms with E-state index in [-0.39, 0.29) is 5.75 Å². The van der Waals surface area contributed by atoms with Crippen LogP contribution in [-0.2, 0) is 16.6 Å². The molecule has 2 heterocycles. The fourth-order valence-electron chi connectivity index (χ4n) is 2.37. The van der Waals surface area contributed by atoms with Gasteiger partial charge in [0.25, 0.3) is 0 Å². The molecule has 0 amide bonds. The van der Waals surface area contributed by atoms with Gasteiger partial charge < -0.3 is 9.73 Å². The fraction of sp³-hybridized carbons (Fsp3) is 0.769. The quantitative estimate of drug-likeness (QED) is 0.823. The Morgan fingerprint density at radius 2 is 2.20 bits per heavy atom. The minimum Gasteiger partial charge on any atom is -0.451 e. The van der Waals surface area contributed by atoms with Gasteiger partial charge in [-0.05, 0) is 19.3 Å². The van der Waals surface area contributed by atoms with Crippen molar-refractivity contribution in [2.75, 3.05) is 18.8 Å². The lowest BCUT2D eigenvalue weighted by molar-refractivity contribution is 0.288. The van der Waals surface area contributed by atoms with Crippen LogP contribution in [0.25, 0.3) is 0 Å². The molecule has 1 saturated heterocycles. The number of hydrogen-bond donors (Lipinski definition) is 1. The van der Waals surface area contributed by atoms with Gasteiger partial charge in [-0.15, -0.1) is 0 Å². The Balaban J connectivity index is 1.74. The van der Waals surface area contributed by atoms with E-state index in [4.69, 9.17) is 4.42 Å². The largest absolute Gasteiger partial charge is 0.451 e. The first-order valence-electron chi connectivity index (χ1n) is 7.20. The van der Waals surface area contributed by atoms with E-state index in [0.717, 1.165) is 31.4 Å². The Kier molecular flexibility index (Phi) is 5.56. The van der Waals surface area contributed by atoms with Crippen molar-refractivity contribution in [1.82, 2.24) is 14.6 Å². The highest BCUT2D eigenvalue weighted by molar-refractivity contribution is 7.89. The van der Waals surface area contributed by atoms with E-state index in [9.17, 15) is 8.42 Å². The van der Waals surface area contributed by atoms with Crippen LogP contribution in [0, 0.1) is 0 Å². The summed E-state index contributed by atoms with van der Waals surface area (Å²) in [6.07, 6.45) is 6.39. The molecule has 1 aliphatic heterocycles. The van der Waals surface area contributed by atoms with Crippen molar-refractivity contribution in [3.63, 3.8) is 0 Å². The number of unbranched alkanes of at least 4 members (excludes halogenated alkanes) is 1. The summed E-state index contributed by atoms with van der Waals surface area (Å²) >= 11 is 0. The third kappa shape index (κ3) is 4.29. The number of piperidine rings is 1. The number of rotatable bonds is 7. The summed E-state index contributed by atoms with van der Waals surface area (Å²) in [5.41, 5.74) is 0.878. The first-order chi connectivity index (χ1) is 9.62. The second-order valence-corrected chi connectivity index (χ2v) is 7.29. The van der Waals surface area contributed by atoms with Gasteiger partial charge in [-0.3, -0.25) is 0 Å². The van der Waals surface area contributed by atoms with Gasteiger partial charge in [0.05, 0.1) is 11.4 Å². The van der Waals surface area contributed by atoms with Crippen molar-refractivity contribution in [3.8, 4) is 0 Å². The van der Waals surface area contributed by atoms with Crippen LogP contribution < -0.4 is 5.32 Å². The lowest BCUT2D eigenvalue weighted by atomic mass is 10.1. The average molecular weight is 301 g/mol. The SMILES string of the molecule is CCCCS(=O)(=O)N1CCC(NCc2cocn2)CC1. The van der Waals surface area contributed by atoms with Crippen molar-refractivity contribution in [1.29, 1.82) is 0 Å². The minimum atomic E-state index is -3.05. The Morgan fingerprint density at radius 3 is 2.80 bits per heavy atom. The van der Waals surface area contributed by atoms with Gasteiger partial charge in [-0.2, -0.15) is 0 Å². The summed E-state index contributed by atoms with van der Waals surface area (Å²) in [6, 6.07) is 0.351. The molecule has 0 unspecified atom stereocenters. The van der Waals surface area contributed by atoms with Crippen molar-refractivity contribution < 1.29 is 12.8 Å². The molecule has 0 bridgehead atoms. The predicted octanol–water partition coefficient (Wildman–Crippen LogP) is 1.36. The van der Waals surface area contributed by atoms with Crippen molar-refractivity contribution in [3.05, 3.63) is 18.4 Å². The maximum atomic E-state index is 12.1. The molecule has 0 spiro atoms. The number of nitrogens with one attached hydrogen (secondary N) is 1. The number of nitrogens with zero attached hydrogens (tertiary/aromatic N) is 2. The second-order valence-electron chi connectivity index (χ2n) is 5.20. The summed E-state index contributed by atoms with van der Waals surface area (Å²) in [6.45, 7) is 3.91.